The van der Waals surface area contributed by atoms with Gasteiger partial charge in [0.25, 0.3) is 0 Å². The maximum Gasteiger partial charge on any atom is 0.228 e. The predicted molar refractivity (Wildman–Crippen MR) is 94.9 cm³/mol. The van der Waals surface area contributed by atoms with Crippen LogP contribution < -0.4 is 15.4 Å². The third-order valence-corrected chi connectivity index (χ3v) is 3.42. The van der Waals surface area contributed by atoms with Crippen molar-refractivity contribution in [2.75, 3.05) is 18.4 Å². The number of pyridine rings is 1. The molecule has 1 aromatic heterocycles. The zero-order chi connectivity index (χ0) is 14.5. The molecule has 1 aliphatic heterocycles. The second-order valence-corrected chi connectivity index (χ2v) is 4.99. The molecule has 2 heterocycles. The van der Waals surface area contributed by atoms with Crippen LogP contribution in [0.2, 0.25) is 0 Å². The van der Waals surface area contributed by atoms with Crippen molar-refractivity contribution < 1.29 is 9.53 Å². The van der Waals surface area contributed by atoms with Crippen molar-refractivity contribution in [1.29, 1.82) is 0 Å². The molecule has 0 saturated carbocycles. The minimum Gasteiger partial charge on any atom is -0.457 e. The van der Waals surface area contributed by atoms with Crippen LogP contribution in [0.15, 0.2) is 48.8 Å². The van der Waals surface area contributed by atoms with E-state index in [0.717, 1.165) is 25.2 Å². The van der Waals surface area contributed by atoms with Gasteiger partial charge in [0.05, 0.1) is 5.92 Å². The molecule has 0 spiro atoms. The standard InChI is InChI=1S/C16H17N3O2.2ClH/c20-16(12-4-7-18-11-12)19-13-2-1-3-15(10-13)21-14-5-8-17-9-6-14;;/h1-3,5-6,8-10,12,18H,4,7,11H2,(H,19,20);2*1H. The summed E-state index contributed by atoms with van der Waals surface area (Å²) >= 11 is 0. The molecule has 1 atom stereocenters. The first kappa shape index (κ1) is 19.2. The van der Waals surface area contributed by atoms with E-state index in [1.165, 1.54) is 0 Å². The fourth-order valence-corrected chi connectivity index (χ4v) is 2.30. The van der Waals surface area contributed by atoms with Gasteiger partial charge in [-0.3, -0.25) is 9.78 Å². The SMILES string of the molecule is Cl.Cl.O=C(Nc1cccc(Oc2ccncc2)c1)C1CCNC1. The number of nitrogens with zero attached hydrogens (tertiary/aromatic N) is 1. The van der Waals surface area contributed by atoms with Gasteiger partial charge in [0, 0.05) is 30.7 Å². The number of amides is 1. The van der Waals surface area contributed by atoms with Crippen LogP contribution in [0.25, 0.3) is 0 Å². The summed E-state index contributed by atoms with van der Waals surface area (Å²) in [5.41, 5.74) is 0.749. The third kappa shape index (κ3) is 5.39. The molecule has 2 aromatic rings. The smallest absolute Gasteiger partial charge is 0.228 e. The summed E-state index contributed by atoms with van der Waals surface area (Å²) in [6.45, 7) is 1.66. The van der Waals surface area contributed by atoms with Gasteiger partial charge in [-0.1, -0.05) is 6.07 Å². The Labute approximate surface area is 147 Å². The van der Waals surface area contributed by atoms with Crippen molar-refractivity contribution in [3.05, 3.63) is 48.8 Å². The maximum absolute atomic E-state index is 12.1. The molecule has 1 unspecified atom stereocenters. The molecule has 0 radical (unpaired) electrons. The first-order valence-corrected chi connectivity index (χ1v) is 7.01. The number of carbonyl (C=O) groups excluding carboxylic acids is 1. The zero-order valence-corrected chi connectivity index (χ0v) is 14.0. The average Bonchev–Trinajstić information content (AvgIpc) is 3.03. The number of ether oxygens (including phenoxy) is 1. The van der Waals surface area contributed by atoms with Crippen molar-refractivity contribution in [3.8, 4) is 11.5 Å². The van der Waals surface area contributed by atoms with E-state index < -0.39 is 0 Å². The lowest BCUT2D eigenvalue weighted by atomic mass is 10.1. The van der Waals surface area contributed by atoms with Crippen LogP contribution in [-0.4, -0.2) is 24.0 Å². The summed E-state index contributed by atoms with van der Waals surface area (Å²) in [7, 11) is 0. The van der Waals surface area contributed by atoms with E-state index in [1.807, 2.05) is 24.3 Å². The fraction of sp³-hybridized carbons (Fsp3) is 0.250. The van der Waals surface area contributed by atoms with Crippen molar-refractivity contribution in [1.82, 2.24) is 10.3 Å². The lowest BCUT2D eigenvalue weighted by Gasteiger charge is -2.11. The number of rotatable bonds is 4. The highest BCUT2D eigenvalue weighted by atomic mass is 35.5. The summed E-state index contributed by atoms with van der Waals surface area (Å²) in [4.78, 5) is 16.0. The number of aromatic nitrogens is 1. The Balaban J connectivity index is 0.00000132. The van der Waals surface area contributed by atoms with Gasteiger partial charge in [-0.25, -0.2) is 0 Å². The zero-order valence-electron chi connectivity index (χ0n) is 12.4. The van der Waals surface area contributed by atoms with Crippen molar-refractivity contribution in [2.24, 2.45) is 5.92 Å². The van der Waals surface area contributed by atoms with Crippen LogP contribution in [0.1, 0.15) is 6.42 Å². The topological polar surface area (TPSA) is 63.2 Å². The number of halogens is 2. The molecule has 23 heavy (non-hydrogen) atoms. The fourth-order valence-electron chi connectivity index (χ4n) is 2.30. The number of benzene rings is 1. The maximum atomic E-state index is 12.1. The Bertz CT molecular complexity index is 620. The quantitative estimate of drug-likeness (QED) is 0.883. The van der Waals surface area contributed by atoms with Crippen LogP contribution in [-0.2, 0) is 4.79 Å². The van der Waals surface area contributed by atoms with E-state index in [1.54, 1.807) is 24.5 Å². The molecule has 124 valence electrons. The van der Waals surface area contributed by atoms with Gasteiger partial charge >= 0.3 is 0 Å². The highest BCUT2D eigenvalue weighted by Crippen LogP contribution is 2.24. The van der Waals surface area contributed by atoms with Crippen molar-refractivity contribution >= 4 is 36.4 Å². The van der Waals surface area contributed by atoms with Gasteiger partial charge in [-0.2, -0.15) is 0 Å². The van der Waals surface area contributed by atoms with Crippen molar-refractivity contribution in [2.45, 2.75) is 6.42 Å². The lowest BCUT2D eigenvalue weighted by Crippen LogP contribution is -2.24. The molecule has 1 saturated heterocycles. The van der Waals surface area contributed by atoms with E-state index in [0.29, 0.717) is 11.5 Å². The van der Waals surface area contributed by atoms with Gasteiger partial charge in [0.2, 0.25) is 5.91 Å². The van der Waals surface area contributed by atoms with Gasteiger partial charge < -0.3 is 15.4 Å². The number of anilines is 1. The van der Waals surface area contributed by atoms with Crippen LogP contribution in [0.3, 0.4) is 0 Å². The summed E-state index contributed by atoms with van der Waals surface area (Å²) in [5.74, 6) is 1.51. The van der Waals surface area contributed by atoms with Crippen LogP contribution in [0, 0.1) is 5.92 Å². The van der Waals surface area contributed by atoms with Gasteiger partial charge in [0.1, 0.15) is 11.5 Å². The first-order chi connectivity index (χ1) is 10.3. The molecular formula is C16H19Cl2N3O2. The Morgan fingerprint density at radius 1 is 1.17 bits per heavy atom. The first-order valence-electron chi connectivity index (χ1n) is 7.01. The molecular weight excluding hydrogens is 337 g/mol. The average molecular weight is 356 g/mol. The molecule has 3 rings (SSSR count). The largest absolute Gasteiger partial charge is 0.457 e. The number of hydrogen-bond acceptors (Lipinski definition) is 4. The Kier molecular flexibility index (Phi) is 7.81. The summed E-state index contributed by atoms with van der Waals surface area (Å²) in [6, 6.07) is 11.0. The number of carbonyl (C=O) groups is 1. The van der Waals surface area contributed by atoms with E-state index in [-0.39, 0.29) is 36.6 Å². The second-order valence-electron chi connectivity index (χ2n) is 4.99. The number of nitrogens with one attached hydrogen (secondary N) is 2. The monoisotopic (exact) mass is 355 g/mol. The summed E-state index contributed by atoms with van der Waals surface area (Å²) in [5, 5.41) is 6.13. The molecule has 0 aliphatic carbocycles. The van der Waals surface area contributed by atoms with Gasteiger partial charge in [0.15, 0.2) is 0 Å². The third-order valence-electron chi connectivity index (χ3n) is 3.42. The van der Waals surface area contributed by atoms with Crippen molar-refractivity contribution in [3.63, 3.8) is 0 Å². The molecule has 1 fully saturated rings. The minimum atomic E-state index is 0. The molecule has 0 bridgehead atoms. The van der Waals surface area contributed by atoms with Crippen LogP contribution >= 0.6 is 24.8 Å². The summed E-state index contributed by atoms with van der Waals surface area (Å²) in [6.07, 6.45) is 4.24. The lowest BCUT2D eigenvalue weighted by molar-refractivity contribution is -0.119. The normalized spacial score (nSPS) is 15.9. The van der Waals surface area contributed by atoms with E-state index >= 15 is 0 Å². The second kappa shape index (κ2) is 9.35. The van der Waals surface area contributed by atoms with Crippen LogP contribution in [0.4, 0.5) is 5.69 Å². The predicted octanol–water partition coefficient (Wildman–Crippen LogP) is 3.27. The molecule has 5 nitrogen and oxygen atoms in total. The molecule has 1 aromatic carbocycles. The molecule has 1 amide bonds. The Morgan fingerprint density at radius 3 is 2.65 bits per heavy atom. The Hall–Kier alpha value is -1.82. The van der Waals surface area contributed by atoms with E-state index in [4.69, 9.17) is 4.74 Å². The highest BCUT2D eigenvalue weighted by molar-refractivity contribution is 5.93. The highest BCUT2D eigenvalue weighted by Gasteiger charge is 2.22. The van der Waals surface area contributed by atoms with E-state index in [9.17, 15) is 4.79 Å². The van der Waals surface area contributed by atoms with Gasteiger partial charge in [-0.15, -0.1) is 24.8 Å². The Morgan fingerprint density at radius 2 is 1.96 bits per heavy atom. The van der Waals surface area contributed by atoms with Gasteiger partial charge in [-0.05, 0) is 37.2 Å². The minimum absolute atomic E-state index is 0. The summed E-state index contributed by atoms with van der Waals surface area (Å²) < 4.78 is 5.72. The molecule has 7 heteroatoms. The molecule has 1 aliphatic rings. The van der Waals surface area contributed by atoms with E-state index in [2.05, 4.69) is 15.6 Å². The van der Waals surface area contributed by atoms with Crippen LogP contribution in [0.5, 0.6) is 11.5 Å². The number of hydrogen-bond donors (Lipinski definition) is 2. The molecule has 2 N–H and O–H groups in total.